The molecule has 0 radical (unpaired) electrons. The summed E-state index contributed by atoms with van der Waals surface area (Å²) in [7, 11) is 3.80. The van der Waals surface area contributed by atoms with Crippen molar-refractivity contribution >= 4 is 5.91 Å². The van der Waals surface area contributed by atoms with Crippen LogP contribution in [0.25, 0.3) is 0 Å². The molecule has 0 aromatic rings. The zero-order valence-corrected chi connectivity index (χ0v) is 10.5. The number of hydrogen-bond acceptors (Lipinski definition) is 3. The fourth-order valence-electron chi connectivity index (χ4n) is 1.96. The Balaban J connectivity index is 3.31. The second-order valence-corrected chi connectivity index (χ2v) is 4.93. The second kappa shape index (κ2) is 3.23. The number of carbonyl (C=O) groups is 1. The van der Waals surface area contributed by atoms with E-state index in [0.29, 0.717) is 0 Å². The maximum Gasteiger partial charge on any atom is 0.258 e. The van der Waals surface area contributed by atoms with Crippen LogP contribution in [-0.4, -0.2) is 41.0 Å². The van der Waals surface area contributed by atoms with E-state index < -0.39 is 5.66 Å². The van der Waals surface area contributed by atoms with Crippen LogP contribution in [0.3, 0.4) is 0 Å². The summed E-state index contributed by atoms with van der Waals surface area (Å²) in [6, 6.07) is 0. The van der Waals surface area contributed by atoms with Crippen molar-refractivity contribution in [1.29, 1.82) is 0 Å². The Morgan fingerprint density at radius 2 is 1.80 bits per heavy atom. The van der Waals surface area contributed by atoms with Gasteiger partial charge in [0.2, 0.25) is 0 Å². The van der Waals surface area contributed by atoms with E-state index in [0.717, 1.165) is 0 Å². The minimum atomic E-state index is -0.761. The highest BCUT2D eigenvalue weighted by Gasteiger charge is 2.48. The van der Waals surface area contributed by atoms with E-state index in [-0.39, 0.29) is 11.4 Å². The molecule has 1 atom stereocenters. The molecule has 0 fully saturated rings. The molecule has 2 N–H and O–H groups in total. The average molecular weight is 211 g/mol. The smallest absolute Gasteiger partial charge is 0.258 e. The Morgan fingerprint density at radius 1 is 1.33 bits per heavy atom. The maximum atomic E-state index is 11.6. The largest absolute Gasteiger partial charge is 0.366 e. The summed E-state index contributed by atoms with van der Waals surface area (Å²) in [5.74, 6) is -0.329. The summed E-state index contributed by atoms with van der Waals surface area (Å²) < 4.78 is 0. The summed E-state index contributed by atoms with van der Waals surface area (Å²) >= 11 is 0. The third-order valence-electron chi connectivity index (χ3n) is 4.00. The predicted molar refractivity (Wildman–Crippen MR) is 61.0 cm³/mol. The predicted octanol–water partition coefficient (Wildman–Crippen LogP) is 0.748. The minimum absolute atomic E-state index is 0.156. The number of primary amides is 1. The molecule has 15 heavy (non-hydrogen) atoms. The third-order valence-corrected chi connectivity index (χ3v) is 4.00. The van der Waals surface area contributed by atoms with E-state index in [4.69, 9.17) is 5.73 Å². The highest BCUT2D eigenvalue weighted by atomic mass is 16.2. The Hall–Kier alpha value is -1.03. The number of hydrogen-bond donors (Lipinski definition) is 1. The van der Waals surface area contributed by atoms with Crippen LogP contribution in [0.2, 0.25) is 0 Å². The molecule has 86 valence electrons. The van der Waals surface area contributed by atoms with Gasteiger partial charge in [-0.05, 0) is 40.3 Å². The molecule has 1 aliphatic heterocycles. The van der Waals surface area contributed by atoms with E-state index in [9.17, 15) is 4.79 Å². The van der Waals surface area contributed by atoms with Gasteiger partial charge in [-0.1, -0.05) is 0 Å². The second-order valence-electron chi connectivity index (χ2n) is 4.93. The lowest BCUT2D eigenvalue weighted by molar-refractivity contribution is -0.144. The van der Waals surface area contributed by atoms with Crippen molar-refractivity contribution in [2.45, 2.75) is 38.9 Å². The van der Waals surface area contributed by atoms with Crippen LogP contribution in [0.4, 0.5) is 0 Å². The van der Waals surface area contributed by atoms with E-state index in [1.807, 2.05) is 37.0 Å². The number of nitrogens with zero attached hydrogens (tertiary/aromatic N) is 2. The minimum Gasteiger partial charge on any atom is -0.366 e. The van der Waals surface area contributed by atoms with Crippen LogP contribution in [0.1, 0.15) is 27.7 Å². The van der Waals surface area contributed by atoms with Gasteiger partial charge in [0.05, 0.1) is 0 Å². The van der Waals surface area contributed by atoms with Crippen LogP contribution in [0.15, 0.2) is 11.8 Å². The lowest BCUT2D eigenvalue weighted by atomic mass is 9.87. The van der Waals surface area contributed by atoms with E-state index in [2.05, 4.69) is 20.8 Å². The fraction of sp³-hybridized carbons (Fsp3) is 0.727. The zero-order chi connectivity index (χ0) is 12.0. The van der Waals surface area contributed by atoms with Gasteiger partial charge in [-0.25, -0.2) is 0 Å². The van der Waals surface area contributed by atoms with Gasteiger partial charge in [-0.3, -0.25) is 9.69 Å². The van der Waals surface area contributed by atoms with E-state index in [1.54, 1.807) is 0 Å². The number of amides is 1. The Morgan fingerprint density at radius 3 is 2.20 bits per heavy atom. The van der Waals surface area contributed by atoms with Crippen molar-refractivity contribution in [2.24, 2.45) is 5.73 Å². The first-order valence-electron chi connectivity index (χ1n) is 5.10. The molecule has 4 heteroatoms. The van der Waals surface area contributed by atoms with E-state index >= 15 is 0 Å². The van der Waals surface area contributed by atoms with Crippen molar-refractivity contribution in [1.82, 2.24) is 9.80 Å². The first-order valence-corrected chi connectivity index (χ1v) is 5.10. The van der Waals surface area contributed by atoms with Crippen molar-refractivity contribution in [3.63, 3.8) is 0 Å². The molecule has 1 unspecified atom stereocenters. The third kappa shape index (κ3) is 1.44. The molecule has 0 aromatic heterocycles. The highest BCUT2D eigenvalue weighted by molar-refractivity contribution is 5.84. The van der Waals surface area contributed by atoms with E-state index in [1.165, 1.54) is 5.57 Å². The Kier molecular flexibility index (Phi) is 2.60. The molecule has 1 rings (SSSR count). The number of rotatable bonds is 1. The van der Waals surface area contributed by atoms with Crippen LogP contribution in [0.5, 0.6) is 0 Å². The molecule has 0 aromatic carbocycles. The fourth-order valence-corrected chi connectivity index (χ4v) is 1.96. The molecule has 0 aliphatic carbocycles. The SMILES string of the molecule is CC1=CN(C)C(C)(C(N)=O)N(C)C1(C)C. The average Bonchev–Trinajstić information content (AvgIpc) is 2.12. The molecular weight excluding hydrogens is 190 g/mol. The maximum absolute atomic E-state index is 11.6. The lowest BCUT2D eigenvalue weighted by Crippen LogP contribution is -2.69. The van der Waals surface area contributed by atoms with Gasteiger partial charge in [-0.15, -0.1) is 0 Å². The van der Waals surface area contributed by atoms with Crippen molar-refractivity contribution in [2.75, 3.05) is 14.1 Å². The van der Waals surface area contributed by atoms with Crippen molar-refractivity contribution in [3.8, 4) is 0 Å². The summed E-state index contributed by atoms with van der Waals surface area (Å²) in [4.78, 5) is 15.5. The molecule has 0 saturated heterocycles. The highest BCUT2D eigenvalue weighted by Crippen LogP contribution is 2.35. The number of carbonyl (C=O) groups excluding carboxylic acids is 1. The normalized spacial score (nSPS) is 31.3. The number of likely N-dealkylation sites (N-methyl/N-ethyl adjacent to an activating group) is 2. The van der Waals surface area contributed by atoms with Gasteiger partial charge >= 0.3 is 0 Å². The van der Waals surface area contributed by atoms with Crippen LogP contribution in [0, 0.1) is 0 Å². The van der Waals surface area contributed by atoms with Gasteiger partial charge in [0.25, 0.3) is 5.91 Å². The molecule has 4 nitrogen and oxygen atoms in total. The van der Waals surface area contributed by atoms with Gasteiger partial charge in [-0.2, -0.15) is 0 Å². The molecular formula is C11H21N3O. The Bertz CT molecular complexity index is 322. The molecule has 0 spiro atoms. The van der Waals surface area contributed by atoms with Gasteiger partial charge in [0.1, 0.15) is 0 Å². The lowest BCUT2D eigenvalue weighted by Gasteiger charge is -2.54. The van der Waals surface area contributed by atoms with Crippen LogP contribution >= 0.6 is 0 Å². The van der Waals surface area contributed by atoms with Crippen molar-refractivity contribution in [3.05, 3.63) is 11.8 Å². The van der Waals surface area contributed by atoms with Gasteiger partial charge < -0.3 is 10.6 Å². The standard InChI is InChI=1S/C11H21N3O/c1-8-7-13(5)11(4,9(12)15)14(6)10(8,2)3/h7H,1-6H3,(H2,12,15). The molecule has 0 bridgehead atoms. The molecule has 1 amide bonds. The van der Waals surface area contributed by atoms with Gasteiger partial charge in [0, 0.05) is 18.8 Å². The summed E-state index contributed by atoms with van der Waals surface area (Å²) in [5, 5.41) is 0. The van der Waals surface area contributed by atoms with Gasteiger partial charge in [0.15, 0.2) is 5.66 Å². The summed E-state index contributed by atoms with van der Waals surface area (Å²) in [6.45, 7) is 8.09. The molecule has 1 heterocycles. The first kappa shape index (κ1) is 12.0. The summed E-state index contributed by atoms with van der Waals surface area (Å²) in [5.41, 5.74) is 5.79. The topological polar surface area (TPSA) is 49.6 Å². The molecule has 0 saturated carbocycles. The van der Waals surface area contributed by atoms with Crippen LogP contribution < -0.4 is 5.73 Å². The zero-order valence-electron chi connectivity index (χ0n) is 10.5. The molecule has 1 aliphatic rings. The van der Waals surface area contributed by atoms with Crippen molar-refractivity contribution < 1.29 is 4.79 Å². The Labute approximate surface area is 91.7 Å². The first-order chi connectivity index (χ1) is 6.65. The summed E-state index contributed by atoms with van der Waals surface area (Å²) in [6.07, 6.45) is 1.99. The monoisotopic (exact) mass is 211 g/mol. The number of nitrogens with two attached hydrogens (primary N) is 1. The van der Waals surface area contributed by atoms with Crippen LogP contribution in [-0.2, 0) is 4.79 Å². The quantitative estimate of drug-likeness (QED) is 0.696.